The second-order valence-corrected chi connectivity index (χ2v) is 12.2. The smallest absolute Gasteiger partial charge is 0.381 e. The molecule has 1 N–H and O–H groups in total. The third-order valence-electron chi connectivity index (χ3n) is 9.36. The van der Waals surface area contributed by atoms with Crippen molar-refractivity contribution in [1.82, 2.24) is 10.2 Å². The highest BCUT2D eigenvalue weighted by atomic mass is 19.4. The average molecular weight is 522 g/mol. The lowest BCUT2D eigenvalue weighted by molar-refractivity contribution is -0.137. The van der Waals surface area contributed by atoms with E-state index in [1.165, 1.54) is 12.1 Å². The summed E-state index contributed by atoms with van der Waals surface area (Å²) >= 11 is 0. The largest absolute Gasteiger partial charge is 0.416 e. The topological polar surface area (TPSA) is 44.8 Å². The molecule has 206 valence electrons. The Kier molecular flexibility index (Phi) is 7.79. The molecule has 2 atom stereocenters. The summed E-state index contributed by atoms with van der Waals surface area (Å²) in [6.07, 6.45) is 2.26. The van der Waals surface area contributed by atoms with Crippen molar-refractivity contribution in [3.8, 4) is 0 Å². The molecule has 4 fully saturated rings. The highest BCUT2D eigenvalue weighted by Crippen LogP contribution is 2.43. The van der Waals surface area contributed by atoms with Crippen LogP contribution in [0.1, 0.15) is 75.8 Å². The molecule has 1 saturated carbocycles. The first-order valence-electron chi connectivity index (χ1n) is 14.2. The molecular formula is C29H42F3N3O2. The zero-order chi connectivity index (χ0) is 26.2. The first-order chi connectivity index (χ1) is 17.6. The van der Waals surface area contributed by atoms with Gasteiger partial charge in [0, 0.05) is 56.5 Å². The van der Waals surface area contributed by atoms with Gasteiger partial charge in [0.15, 0.2) is 0 Å². The van der Waals surface area contributed by atoms with Crippen LogP contribution in [0.4, 0.5) is 18.9 Å². The lowest BCUT2D eigenvalue weighted by Crippen LogP contribution is -2.47. The summed E-state index contributed by atoms with van der Waals surface area (Å²) in [5.41, 5.74) is 1.31. The van der Waals surface area contributed by atoms with Gasteiger partial charge in [-0.3, -0.25) is 4.79 Å². The van der Waals surface area contributed by atoms with Gasteiger partial charge in [-0.1, -0.05) is 13.0 Å². The molecule has 0 aromatic heterocycles. The van der Waals surface area contributed by atoms with Gasteiger partial charge >= 0.3 is 6.18 Å². The molecule has 0 spiro atoms. The van der Waals surface area contributed by atoms with Gasteiger partial charge < -0.3 is 19.9 Å². The van der Waals surface area contributed by atoms with Crippen molar-refractivity contribution < 1.29 is 22.7 Å². The van der Waals surface area contributed by atoms with Crippen LogP contribution >= 0.6 is 0 Å². The van der Waals surface area contributed by atoms with E-state index in [0.717, 1.165) is 89.0 Å². The molecular weight excluding hydrogens is 479 g/mol. The van der Waals surface area contributed by atoms with Crippen molar-refractivity contribution >= 4 is 11.6 Å². The summed E-state index contributed by atoms with van der Waals surface area (Å²) in [5, 5.41) is 3.70. The second-order valence-electron chi connectivity index (χ2n) is 12.2. The number of nitrogens with zero attached hydrogens (tertiary/aromatic N) is 2. The second kappa shape index (κ2) is 10.8. The Bertz CT molecular complexity index is 946. The minimum atomic E-state index is -4.34. The third kappa shape index (κ3) is 6.27. The number of rotatable bonds is 6. The fraction of sp³-hybridized carbons (Fsp3) is 0.759. The van der Waals surface area contributed by atoms with Crippen LogP contribution in [-0.4, -0.2) is 62.3 Å². The number of hydrogen-bond donors (Lipinski definition) is 1. The Morgan fingerprint density at radius 3 is 2.41 bits per heavy atom. The molecule has 1 aliphatic carbocycles. The summed E-state index contributed by atoms with van der Waals surface area (Å²) in [6, 6.07) is 4.31. The lowest BCUT2D eigenvalue weighted by atomic mass is 9.86. The van der Waals surface area contributed by atoms with Gasteiger partial charge in [0.2, 0.25) is 5.91 Å². The molecule has 1 aromatic carbocycles. The van der Waals surface area contributed by atoms with E-state index in [1.54, 1.807) is 6.07 Å². The lowest BCUT2D eigenvalue weighted by Gasteiger charge is -2.38. The Morgan fingerprint density at radius 2 is 1.76 bits per heavy atom. The van der Waals surface area contributed by atoms with Crippen LogP contribution in [0.3, 0.4) is 0 Å². The number of hydrogen-bond acceptors (Lipinski definition) is 4. The summed E-state index contributed by atoms with van der Waals surface area (Å²) in [5.74, 6) is 1.59. The van der Waals surface area contributed by atoms with Gasteiger partial charge in [0.1, 0.15) is 0 Å². The monoisotopic (exact) mass is 521 g/mol. The van der Waals surface area contributed by atoms with E-state index in [9.17, 15) is 18.0 Å². The predicted octanol–water partition coefficient (Wildman–Crippen LogP) is 5.44. The third-order valence-corrected chi connectivity index (χ3v) is 9.36. The molecule has 3 saturated heterocycles. The summed E-state index contributed by atoms with van der Waals surface area (Å²) in [6.45, 7) is 9.91. The highest BCUT2D eigenvalue weighted by Gasteiger charge is 2.46. The van der Waals surface area contributed by atoms with Gasteiger partial charge in [-0.05, 0) is 93.9 Å². The normalized spacial score (nSPS) is 27.4. The molecule has 2 unspecified atom stereocenters. The van der Waals surface area contributed by atoms with E-state index in [-0.39, 0.29) is 23.3 Å². The zero-order valence-electron chi connectivity index (χ0n) is 22.3. The number of amides is 1. The number of anilines is 1. The van der Waals surface area contributed by atoms with E-state index in [4.69, 9.17) is 4.74 Å². The zero-order valence-corrected chi connectivity index (χ0v) is 22.3. The summed E-state index contributed by atoms with van der Waals surface area (Å²) in [7, 11) is 0. The van der Waals surface area contributed by atoms with Crippen molar-refractivity contribution in [2.75, 3.05) is 50.8 Å². The Hall–Kier alpha value is -1.80. The van der Waals surface area contributed by atoms with Gasteiger partial charge in [-0.25, -0.2) is 0 Å². The Labute approximate surface area is 219 Å². The van der Waals surface area contributed by atoms with E-state index in [1.807, 2.05) is 4.90 Å². The molecule has 1 aromatic rings. The van der Waals surface area contributed by atoms with Crippen LogP contribution < -0.4 is 10.2 Å². The van der Waals surface area contributed by atoms with Crippen LogP contribution in [0.25, 0.3) is 0 Å². The Balaban J connectivity index is 1.18. The van der Waals surface area contributed by atoms with Gasteiger partial charge in [0.25, 0.3) is 0 Å². The first kappa shape index (κ1) is 26.8. The van der Waals surface area contributed by atoms with Crippen LogP contribution in [0.5, 0.6) is 0 Å². The minimum Gasteiger partial charge on any atom is -0.381 e. The molecule has 5 nitrogen and oxygen atoms in total. The SMILES string of the molecule is CC1CCN(c2cc(C(F)(F)F)ccc2C2CCN(C(=O)C3CC3CNC3(C)CCOCC3)CC2)CC1. The number of piperidine rings is 2. The molecule has 1 amide bonds. The van der Waals surface area contributed by atoms with Gasteiger partial charge in [-0.15, -0.1) is 0 Å². The number of ether oxygens (including phenoxy) is 1. The molecule has 3 aliphatic heterocycles. The standard InChI is InChI=1S/C29H42F3N3O2/c1-20-5-11-34(12-6-20)26-18-23(29(30,31)32)3-4-24(26)21-7-13-35(14-8-21)27(36)25-17-22(25)19-33-28(2)9-15-37-16-10-28/h3-4,18,20-22,25,33H,5-17,19H2,1-2H3. The number of alkyl halides is 3. The molecule has 5 rings (SSSR count). The fourth-order valence-corrected chi connectivity index (χ4v) is 6.39. The number of carbonyl (C=O) groups is 1. The molecule has 0 radical (unpaired) electrons. The number of likely N-dealkylation sites (tertiary alicyclic amines) is 1. The van der Waals surface area contributed by atoms with E-state index >= 15 is 0 Å². The quantitative estimate of drug-likeness (QED) is 0.541. The van der Waals surface area contributed by atoms with E-state index < -0.39 is 11.7 Å². The maximum atomic E-state index is 13.5. The van der Waals surface area contributed by atoms with Crippen LogP contribution in [0.15, 0.2) is 18.2 Å². The molecule has 4 aliphatic rings. The highest BCUT2D eigenvalue weighted by molar-refractivity contribution is 5.82. The Morgan fingerprint density at radius 1 is 1.08 bits per heavy atom. The van der Waals surface area contributed by atoms with E-state index in [2.05, 4.69) is 24.1 Å². The van der Waals surface area contributed by atoms with Gasteiger partial charge in [0.05, 0.1) is 5.56 Å². The van der Waals surface area contributed by atoms with Crippen LogP contribution in [0, 0.1) is 17.8 Å². The fourth-order valence-electron chi connectivity index (χ4n) is 6.39. The maximum absolute atomic E-state index is 13.5. The van der Waals surface area contributed by atoms with Crippen molar-refractivity contribution in [2.45, 2.75) is 76.4 Å². The van der Waals surface area contributed by atoms with Crippen molar-refractivity contribution in [3.63, 3.8) is 0 Å². The molecule has 37 heavy (non-hydrogen) atoms. The summed E-state index contributed by atoms with van der Waals surface area (Å²) in [4.78, 5) is 17.3. The van der Waals surface area contributed by atoms with Crippen molar-refractivity contribution in [3.05, 3.63) is 29.3 Å². The summed E-state index contributed by atoms with van der Waals surface area (Å²) < 4.78 is 46.1. The molecule has 0 bridgehead atoms. The van der Waals surface area contributed by atoms with Gasteiger partial charge in [-0.2, -0.15) is 13.2 Å². The number of halogens is 3. The van der Waals surface area contributed by atoms with Crippen molar-refractivity contribution in [1.29, 1.82) is 0 Å². The van der Waals surface area contributed by atoms with Crippen LogP contribution in [-0.2, 0) is 15.7 Å². The first-order valence-corrected chi connectivity index (χ1v) is 14.2. The van der Waals surface area contributed by atoms with Crippen LogP contribution in [0.2, 0.25) is 0 Å². The van der Waals surface area contributed by atoms with Crippen molar-refractivity contribution in [2.24, 2.45) is 17.8 Å². The average Bonchev–Trinajstić information content (AvgIpc) is 3.67. The number of nitrogens with one attached hydrogen (secondary N) is 1. The molecule has 8 heteroatoms. The number of benzene rings is 1. The number of carbonyl (C=O) groups excluding carboxylic acids is 1. The molecule has 3 heterocycles. The predicted molar refractivity (Wildman–Crippen MR) is 139 cm³/mol. The maximum Gasteiger partial charge on any atom is 0.416 e. The van der Waals surface area contributed by atoms with E-state index in [0.29, 0.717) is 24.9 Å². The minimum absolute atomic E-state index is 0.110.